The van der Waals surface area contributed by atoms with Gasteiger partial charge in [-0.05, 0) is 49.9 Å². The summed E-state index contributed by atoms with van der Waals surface area (Å²) in [6.45, 7) is 0.352. The van der Waals surface area contributed by atoms with Crippen LogP contribution in [0.4, 0.5) is 5.69 Å². The maximum atomic E-state index is 11.8. The molecule has 2 rings (SSSR count). The van der Waals surface area contributed by atoms with E-state index in [1.807, 2.05) is 0 Å². The van der Waals surface area contributed by atoms with Gasteiger partial charge in [-0.2, -0.15) is 0 Å². The lowest BCUT2D eigenvalue weighted by Gasteiger charge is -2.26. The molecule has 0 atom stereocenters. The first-order valence-corrected chi connectivity index (χ1v) is 7.09. The van der Waals surface area contributed by atoms with E-state index in [9.17, 15) is 9.90 Å². The number of nitrogens with two attached hydrogens (primary N) is 1. The molecule has 0 radical (unpaired) electrons. The van der Waals surface area contributed by atoms with Gasteiger partial charge in [-0.25, -0.2) is 0 Å². The number of anilines is 1. The second kappa shape index (κ2) is 7.14. The van der Waals surface area contributed by atoms with E-state index in [1.54, 1.807) is 24.3 Å². The Hall–Kier alpha value is -1.75. The van der Waals surface area contributed by atoms with Crippen LogP contribution < -0.4 is 15.8 Å². The van der Waals surface area contributed by atoms with E-state index in [1.165, 1.54) is 0 Å². The van der Waals surface area contributed by atoms with Gasteiger partial charge >= 0.3 is 0 Å². The predicted molar refractivity (Wildman–Crippen MR) is 77.4 cm³/mol. The van der Waals surface area contributed by atoms with Crippen LogP contribution in [0.3, 0.4) is 0 Å². The van der Waals surface area contributed by atoms with Gasteiger partial charge in [-0.3, -0.25) is 4.79 Å². The van der Waals surface area contributed by atoms with Gasteiger partial charge in [0.05, 0.1) is 19.1 Å². The molecule has 5 heteroatoms. The van der Waals surface area contributed by atoms with Crippen LogP contribution in [0.15, 0.2) is 24.3 Å². The Morgan fingerprint density at radius 2 is 1.90 bits per heavy atom. The highest BCUT2D eigenvalue weighted by Crippen LogP contribution is 2.18. The number of nitrogens with one attached hydrogen (secondary N) is 1. The Bertz CT molecular complexity index is 425. The third-order valence-corrected chi connectivity index (χ3v) is 3.54. The minimum atomic E-state index is -0.197. The van der Waals surface area contributed by atoms with E-state index >= 15 is 0 Å². The van der Waals surface area contributed by atoms with E-state index in [4.69, 9.17) is 10.5 Å². The summed E-state index contributed by atoms with van der Waals surface area (Å²) in [6.07, 6.45) is 3.39. The normalized spacial score (nSPS) is 22.2. The van der Waals surface area contributed by atoms with Crippen LogP contribution >= 0.6 is 0 Å². The second-order valence-corrected chi connectivity index (χ2v) is 5.24. The number of aliphatic hydroxyl groups excluding tert-OH is 1. The number of hydrogen-bond acceptors (Lipinski definition) is 4. The Morgan fingerprint density at radius 3 is 2.55 bits per heavy atom. The van der Waals surface area contributed by atoms with Crippen LogP contribution in [0.1, 0.15) is 32.1 Å². The molecule has 4 N–H and O–H groups in total. The number of amides is 1. The third-order valence-electron chi connectivity index (χ3n) is 3.54. The first-order valence-electron chi connectivity index (χ1n) is 7.09. The van der Waals surface area contributed by atoms with E-state index in [2.05, 4.69) is 5.32 Å². The molecule has 1 aliphatic rings. The highest BCUT2D eigenvalue weighted by Gasteiger charge is 2.20. The van der Waals surface area contributed by atoms with Crippen molar-refractivity contribution in [2.45, 2.75) is 44.2 Å². The molecule has 5 nitrogen and oxygen atoms in total. The maximum absolute atomic E-state index is 11.8. The summed E-state index contributed by atoms with van der Waals surface area (Å²) in [7, 11) is 0. The molecule has 0 unspecified atom stereocenters. The largest absolute Gasteiger partial charge is 0.493 e. The van der Waals surface area contributed by atoms with Crippen molar-refractivity contribution in [2.24, 2.45) is 0 Å². The quantitative estimate of drug-likeness (QED) is 0.712. The number of aliphatic hydroxyl groups is 1. The fraction of sp³-hybridized carbons (Fsp3) is 0.533. The summed E-state index contributed by atoms with van der Waals surface area (Å²) < 4.78 is 5.48. The lowest BCUT2D eigenvalue weighted by molar-refractivity contribution is -0.122. The fourth-order valence-electron chi connectivity index (χ4n) is 2.35. The number of ether oxygens (including phenoxy) is 1. The molecule has 1 aromatic carbocycles. The molecule has 1 fully saturated rings. The molecule has 1 aliphatic carbocycles. The molecule has 1 aromatic rings. The predicted octanol–water partition coefficient (Wildman–Crippen LogP) is 1.46. The molecule has 1 saturated carbocycles. The van der Waals surface area contributed by atoms with Crippen molar-refractivity contribution in [1.82, 2.24) is 5.32 Å². The Kier molecular flexibility index (Phi) is 5.24. The summed E-state index contributed by atoms with van der Waals surface area (Å²) in [5.74, 6) is 0.717. The summed E-state index contributed by atoms with van der Waals surface area (Å²) in [5, 5.41) is 12.4. The van der Waals surface area contributed by atoms with Crippen LogP contribution in [0, 0.1) is 0 Å². The number of nitrogen functional groups attached to an aromatic ring is 1. The van der Waals surface area contributed by atoms with Crippen LogP contribution in [-0.4, -0.2) is 29.8 Å². The van der Waals surface area contributed by atoms with E-state index in [0.29, 0.717) is 24.5 Å². The highest BCUT2D eigenvalue weighted by atomic mass is 16.5. The van der Waals surface area contributed by atoms with Crippen LogP contribution in [-0.2, 0) is 4.79 Å². The van der Waals surface area contributed by atoms with Crippen LogP contribution in [0.2, 0.25) is 0 Å². The molecule has 0 bridgehead atoms. The average molecular weight is 278 g/mol. The van der Waals surface area contributed by atoms with Gasteiger partial charge in [0, 0.05) is 11.7 Å². The smallest absolute Gasteiger partial charge is 0.223 e. The van der Waals surface area contributed by atoms with Crippen molar-refractivity contribution in [2.75, 3.05) is 12.3 Å². The molecule has 1 amide bonds. The number of carbonyl (C=O) groups is 1. The summed E-state index contributed by atoms with van der Waals surface area (Å²) in [5.41, 5.74) is 6.27. The number of hydrogen-bond donors (Lipinski definition) is 3. The van der Waals surface area contributed by atoms with Crippen molar-refractivity contribution in [3.8, 4) is 5.75 Å². The summed E-state index contributed by atoms with van der Waals surface area (Å²) in [6, 6.07) is 7.30. The molecule has 110 valence electrons. The van der Waals surface area contributed by atoms with Gasteiger partial charge < -0.3 is 20.9 Å². The van der Waals surface area contributed by atoms with Crippen LogP contribution in [0.5, 0.6) is 5.75 Å². The van der Waals surface area contributed by atoms with Gasteiger partial charge in [0.25, 0.3) is 0 Å². The minimum Gasteiger partial charge on any atom is -0.493 e. The zero-order chi connectivity index (χ0) is 14.4. The van der Waals surface area contributed by atoms with Crippen molar-refractivity contribution in [3.63, 3.8) is 0 Å². The van der Waals surface area contributed by atoms with Crippen molar-refractivity contribution in [1.29, 1.82) is 0 Å². The average Bonchev–Trinajstić information content (AvgIpc) is 2.44. The van der Waals surface area contributed by atoms with Crippen molar-refractivity contribution >= 4 is 11.6 Å². The molecular weight excluding hydrogens is 256 g/mol. The summed E-state index contributed by atoms with van der Waals surface area (Å²) >= 11 is 0. The lowest BCUT2D eigenvalue weighted by atomic mass is 9.93. The van der Waals surface area contributed by atoms with Gasteiger partial charge in [0.1, 0.15) is 5.75 Å². The molecule has 0 aliphatic heterocycles. The number of carbonyl (C=O) groups excluding carboxylic acids is 1. The topological polar surface area (TPSA) is 84.6 Å². The highest BCUT2D eigenvalue weighted by molar-refractivity contribution is 5.76. The molecule has 0 saturated heterocycles. The third kappa shape index (κ3) is 4.74. The Balaban J connectivity index is 1.64. The second-order valence-electron chi connectivity index (χ2n) is 5.24. The summed E-state index contributed by atoms with van der Waals surface area (Å²) in [4.78, 5) is 11.8. The standard InChI is InChI=1S/C15H22N2O3/c16-11-1-7-14(8-2-11)20-10-9-15(19)17-12-3-5-13(18)6-4-12/h1-2,7-8,12-13,18H,3-6,9-10,16H2,(H,17,19). The molecule has 0 spiro atoms. The molecule has 20 heavy (non-hydrogen) atoms. The van der Waals surface area contributed by atoms with Gasteiger partial charge in [0.15, 0.2) is 0 Å². The van der Waals surface area contributed by atoms with E-state index in [-0.39, 0.29) is 18.1 Å². The minimum absolute atomic E-state index is 0.00170. The molecule has 0 heterocycles. The van der Waals surface area contributed by atoms with Gasteiger partial charge in [-0.15, -0.1) is 0 Å². The Morgan fingerprint density at radius 1 is 1.25 bits per heavy atom. The van der Waals surface area contributed by atoms with Crippen molar-refractivity contribution in [3.05, 3.63) is 24.3 Å². The zero-order valence-corrected chi connectivity index (χ0v) is 11.5. The SMILES string of the molecule is Nc1ccc(OCCC(=O)NC2CCC(O)CC2)cc1. The number of rotatable bonds is 5. The molecule has 0 aromatic heterocycles. The first-order chi connectivity index (χ1) is 9.63. The maximum Gasteiger partial charge on any atom is 0.223 e. The van der Waals surface area contributed by atoms with Gasteiger partial charge in [0.2, 0.25) is 5.91 Å². The fourth-order valence-corrected chi connectivity index (χ4v) is 2.35. The zero-order valence-electron chi connectivity index (χ0n) is 11.5. The first kappa shape index (κ1) is 14.7. The Labute approximate surface area is 119 Å². The van der Waals surface area contributed by atoms with Gasteiger partial charge in [-0.1, -0.05) is 0 Å². The van der Waals surface area contributed by atoms with Crippen molar-refractivity contribution < 1.29 is 14.6 Å². The van der Waals surface area contributed by atoms with E-state index < -0.39 is 0 Å². The molecular formula is C15H22N2O3. The number of benzene rings is 1. The lowest BCUT2D eigenvalue weighted by Crippen LogP contribution is -2.39. The van der Waals surface area contributed by atoms with E-state index in [0.717, 1.165) is 25.7 Å². The van der Waals surface area contributed by atoms with Crippen LogP contribution in [0.25, 0.3) is 0 Å². The monoisotopic (exact) mass is 278 g/mol.